The fourth-order valence-corrected chi connectivity index (χ4v) is 5.45. The summed E-state index contributed by atoms with van der Waals surface area (Å²) in [6.45, 7) is 9.75. The van der Waals surface area contributed by atoms with Gasteiger partial charge in [-0.05, 0) is 56.5 Å². The van der Waals surface area contributed by atoms with Gasteiger partial charge in [0.25, 0.3) is 10.1 Å². The lowest BCUT2D eigenvalue weighted by molar-refractivity contribution is 0.138. The zero-order chi connectivity index (χ0) is 22.4. The van der Waals surface area contributed by atoms with Crippen molar-refractivity contribution in [2.75, 3.05) is 26.8 Å². The second-order valence-corrected chi connectivity index (χ2v) is 9.70. The van der Waals surface area contributed by atoms with Crippen molar-refractivity contribution >= 4 is 10.1 Å². The maximum Gasteiger partial charge on any atom is 0.296 e. The molecule has 0 bridgehead atoms. The van der Waals surface area contributed by atoms with Crippen molar-refractivity contribution in [3.05, 3.63) is 71.8 Å². The van der Waals surface area contributed by atoms with Crippen LogP contribution < -0.4 is 4.74 Å². The second kappa shape index (κ2) is 10.4. The number of benzene rings is 2. The van der Waals surface area contributed by atoms with E-state index in [2.05, 4.69) is 24.5 Å². The van der Waals surface area contributed by atoms with E-state index in [1.165, 1.54) is 5.56 Å². The highest BCUT2D eigenvalue weighted by Crippen LogP contribution is 2.41. The van der Waals surface area contributed by atoms with Crippen LogP contribution in [0.3, 0.4) is 0 Å². The van der Waals surface area contributed by atoms with E-state index in [0.29, 0.717) is 0 Å². The van der Waals surface area contributed by atoms with Gasteiger partial charge in [0, 0.05) is 24.1 Å². The van der Waals surface area contributed by atoms with Crippen LogP contribution in [-0.4, -0.2) is 46.2 Å². The van der Waals surface area contributed by atoms with Crippen molar-refractivity contribution in [1.82, 2.24) is 4.90 Å². The fourth-order valence-electron chi connectivity index (χ4n) is 4.52. The normalized spacial score (nSPS) is 18.6. The van der Waals surface area contributed by atoms with Crippen LogP contribution in [0.1, 0.15) is 42.4 Å². The van der Waals surface area contributed by atoms with E-state index < -0.39 is 10.1 Å². The average molecular weight is 444 g/mol. The predicted molar refractivity (Wildman–Crippen MR) is 124 cm³/mol. The van der Waals surface area contributed by atoms with Crippen molar-refractivity contribution in [3.63, 3.8) is 0 Å². The van der Waals surface area contributed by atoms with Gasteiger partial charge < -0.3 is 4.74 Å². The third-order valence-electron chi connectivity index (χ3n) is 5.98. The van der Waals surface area contributed by atoms with E-state index in [0.717, 1.165) is 49.2 Å². The Hall–Kier alpha value is -2.15. The fraction of sp³-hybridized carbons (Fsp3) is 0.440. The third-order valence-corrected chi connectivity index (χ3v) is 7.27. The van der Waals surface area contributed by atoms with Gasteiger partial charge in [0.1, 0.15) is 5.75 Å². The maximum atomic E-state index is 12.9. The Bertz CT molecular complexity index is 971. The van der Waals surface area contributed by atoms with Gasteiger partial charge in [-0.1, -0.05) is 42.8 Å². The van der Waals surface area contributed by atoms with E-state index in [4.69, 9.17) is 8.92 Å². The van der Waals surface area contributed by atoms with Crippen LogP contribution in [0, 0.1) is 6.92 Å². The maximum absolute atomic E-state index is 12.9. The SMILES string of the molecule is C=CCN(CCC)C1CCc2cccc(OC)c2C1COS(=O)(=O)c1ccc(C)cc1. The second-order valence-electron chi connectivity index (χ2n) is 8.08. The number of ether oxygens (including phenoxy) is 1. The topological polar surface area (TPSA) is 55.8 Å². The lowest BCUT2D eigenvalue weighted by Gasteiger charge is -2.41. The van der Waals surface area contributed by atoms with E-state index >= 15 is 0 Å². The lowest BCUT2D eigenvalue weighted by Crippen LogP contribution is -2.44. The summed E-state index contributed by atoms with van der Waals surface area (Å²) in [5.41, 5.74) is 3.27. The average Bonchev–Trinajstić information content (AvgIpc) is 2.77. The molecule has 31 heavy (non-hydrogen) atoms. The van der Waals surface area contributed by atoms with E-state index in [9.17, 15) is 8.42 Å². The molecule has 1 aliphatic rings. The summed E-state index contributed by atoms with van der Waals surface area (Å²) in [4.78, 5) is 2.57. The summed E-state index contributed by atoms with van der Waals surface area (Å²) in [5.74, 6) is 0.671. The van der Waals surface area contributed by atoms with Gasteiger partial charge in [0.05, 0.1) is 18.6 Å². The minimum atomic E-state index is -3.85. The molecule has 2 aromatic rings. The van der Waals surface area contributed by atoms with Crippen molar-refractivity contribution in [1.29, 1.82) is 0 Å². The van der Waals surface area contributed by atoms with Gasteiger partial charge in [-0.3, -0.25) is 9.08 Å². The molecule has 2 aromatic carbocycles. The monoisotopic (exact) mass is 443 g/mol. The molecule has 0 amide bonds. The van der Waals surface area contributed by atoms with Crippen molar-refractivity contribution < 1.29 is 17.3 Å². The Morgan fingerprint density at radius 1 is 1.19 bits per heavy atom. The molecule has 2 unspecified atom stereocenters. The molecule has 0 saturated heterocycles. The zero-order valence-corrected chi connectivity index (χ0v) is 19.5. The van der Waals surface area contributed by atoms with Gasteiger partial charge >= 0.3 is 0 Å². The summed E-state index contributed by atoms with van der Waals surface area (Å²) in [7, 11) is -2.19. The van der Waals surface area contributed by atoms with Crippen LogP contribution in [-0.2, 0) is 20.7 Å². The summed E-state index contributed by atoms with van der Waals surface area (Å²) in [6, 6.07) is 12.9. The van der Waals surface area contributed by atoms with Gasteiger partial charge in [-0.2, -0.15) is 8.42 Å². The summed E-state index contributed by atoms with van der Waals surface area (Å²) >= 11 is 0. The number of aryl methyl sites for hydroxylation is 2. The van der Waals surface area contributed by atoms with Crippen LogP contribution in [0.4, 0.5) is 0 Å². The first-order chi connectivity index (χ1) is 14.9. The van der Waals surface area contributed by atoms with E-state index in [-0.39, 0.29) is 23.5 Å². The standard InChI is InChI=1S/C25H33NO4S/c1-5-16-26(17-6-2)23-15-12-20-8-7-9-24(29-4)25(20)22(23)18-30-31(27,28)21-13-10-19(3)11-14-21/h5,7-11,13-14,22-23H,1,6,12,15-18H2,2-4H3. The Balaban J connectivity index is 1.95. The first-order valence-corrected chi connectivity index (χ1v) is 12.3. The molecule has 0 spiro atoms. The zero-order valence-electron chi connectivity index (χ0n) is 18.7. The van der Waals surface area contributed by atoms with E-state index in [1.807, 2.05) is 25.1 Å². The minimum absolute atomic E-state index is 0.0750. The number of hydrogen-bond acceptors (Lipinski definition) is 5. The van der Waals surface area contributed by atoms with Crippen LogP contribution in [0.2, 0.25) is 0 Å². The Labute approximate surface area is 186 Å². The van der Waals surface area contributed by atoms with Gasteiger partial charge in [-0.15, -0.1) is 6.58 Å². The summed E-state index contributed by atoms with van der Waals surface area (Å²) in [6.07, 6.45) is 4.79. The van der Waals surface area contributed by atoms with Gasteiger partial charge in [-0.25, -0.2) is 0 Å². The molecule has 0 fully saturated rings. The first kappa shape index (κ1) is 23.5. The molecule has 0 aliphatic heterocycles. The Morgan fingerprint density at radius 2 is 1.94 bits per heavy atom. The molecule has 0 heterocycles. The quantitative estimate of drug-likeness (QED) is 0.393. The Morgan fingerprint density at radius 3 is 2.58 bits per heavy atom. The molecule has 6 heteroatoms. The molecule has 1 aliphatic carbocycles. The van der Waals surface area contributed by atoms with E-state index in [1.54, 1.807) is 31.4 Å². The predicted octanol–water partition coefficient (Wildman–Crippen LogP) is 4.71. The number of methoxy groups -OCH3 is 1. The number of hydrogen-bond donors (Lipinski definition) is 0. The summed E-state index contributed by atoms with van der Waals surface area (Å²) in [5, 5.41) is 0. The molecular weight excluding hydrogens is 410 g/mol. The van der Waals surface area contributed by atoms with Crippen LogP contribution in [0.25, 0.3) is 0 Å². The molecule has 168 valence electrons. The number of fused-ring (bicyclic) bond motifs is 1. The largest absolute Gasteiger partial charge is 0.496 e. The molecule has 0 saturated carbocycles. The number of rotatable bonds is 10. The smallest absolute Gasteiger partial charge is 0.296 e. The van der Waals surface area contributed by atoms with Gasteiger partial charge in [0.2, 0.25) is 0 Å². The molecular formula is C25H33NO4S. The highest BCUT2D eigenvalue weighted by atomic mass is 32.2. The minimum Gasteiger partial charge on any atom is -0.496 e. The molecule has 0 N–H and O–H groups in total. The molecule has 0 aromatic heterocycles. The first-order valence-electron chi connectivity index (χ1n) is 10.9. The molecule has 2 atom stereocenters. The van der Waals surface area contributed by atoms with Crippen molar-refractivity contribution in [2.45, 2.75) is 50.0 Å². The molecule has 5 nitrogen and oxygen atoms in total. The lowest BCUT2D eigenvalue weighted by atomic mass is 9.78. The Kier molecular flexibility index (Phi) is 7.92. The van der Waals surface area contributed by atoms with Crippen molar-refractivity contribution in [3.8, 4) is 5.75 Å². The molecule has 0 radical (unpaired) electrons. The highest BCUT2D eigenvalue weighted by Gasteiger charge is 2.36. The summed E-state index contributed by atoms with van der Waals surface area (Å²) < 4.78 is 37.1. The van der Waals surface area contributed by atoms with Crippen LogP contribution >= 0.6 is 0 Å². The number of nitrogens with zero attached hydrogens (tertiary/aromatic N) is 1. The van der Waals surface area contributed by atoms with Crippen LogP contribution in [0.15, 0.2) is 60.0 Å². The highest BCUT2D eigenvalue weighted by molar-refractivity contribution is 7.86. The molecule has 3 rings (SSSR count). The third kappa shape index (κ3) is 5.37. The van der Waals surface area contributed by atoms with Crippen molar-refractivity contribution in [2.24, 2.45) is 0 Å². The van der Waals surface area contributed by atoms with Gasteiger partial charge in [0.15, 0.2) is 0 Å². The van der Waals surface area contributed by atoms with Crippen LogP contribution in [0.5, 0.6) is 5.75 Å².